The van der Waals surface area contributed by atoms with E-state index in [0.29, 0.717) is 0 Å². The number of hydrogen-bond donors (Lipinski definition) is 0. The minimum Gasteiger partial charge on any atom is -0.310 e. The number of aryl methyl sites for hydroxylation is 2. The number of rotatable bonds is 6. The van der Waals surface area contributed by atoms with Gasteiger partial charge < -0.3 is 4.90 Å². The highest BCUT2D eigenvalue weighted by molar-refractivity contribution is 8.07. The molecule has 1 aromatic carbocycles. The molecule has 0 atom stereocenters. The van der Waals surface area contributed by atoms with E-state index >= 15 is 0 Å². The molecule has 0 saturated carbocycles. The van der Waals surface area contributed by atoms with Gasteiger partial charge in [-0.25, -0.2) is 0 Å². The lowest BCUT2D eigenvalue weighted by Gasteiger charge is -2.23. The van der Waals surface area contributed by atoms with Crippen LogP contribution in [0.25, 0.3) is 5.70 Å². The summed E-state index contributed by atoms with van der Waals surface area (Å²) in [4.78, 5) is 14.2. The van der Waals surface area contributed by atoms with Crippen LogP contribution in [0.3, 0.4) is 0 Å². The molecule has 1 heterocycles. The normalized spacial score (nSPS) is 14.6. The molecule has 0 spiro atoms. The van der Waals surface area contributed by atoms with Crippen molar-refractivity contribution in [3.63, 3.8) is 0 Å². The Labute approximate surface area is 155 Å². The van der Waals surface area contributed by atoms with Crippen LogP contribution in [0.15, 0.2) is 51.7 Å². The van der Waals surface area contributed by atoms with Gasteiger partial charge in [0.1, 0.15) is 5.54 Å². The highest BCUT2D eigenvalue weighted by Gasteiger charge is 2.33. The average molecular weight is 357 g/mol. The van der Waals surface area contributed by atoms with Gasteiger partial charge in [-0.1, -0.05) is 55.1 Å². The first-order chi connectivity index (χ1) is 11.7. The van der Waals surface area contributed by atoms with E-state index in [1.54, 1.807) is 0 Å². The Hall–Kier alpha value is -1.81. The topological polar surface area (TPSA) is 32.7 Å². The molecule has 0 unspecified atom stereocenters. The zero-order valence-electron chi connectivity index (χ0n) is 16.1. The van der Waals surface area contributed by atoms with Gasteiger partial charge in [0.2, 0.25) is 0 Å². The molecule has 25 heavy (non-hydrogen) atoms. The predicted molar refractivity (Wildman–Crippen MR) is 110 cm³/mol. The van der Waals surface area contributed by atoms with Gasteiger partial charge in [-0.3, -0.25) is 0 Å². The number of nitroso groups, excluding NO2 is 1. The van der Waals surface area contributed by atoms with Gasteiger partial charge in [0.05, 0.1) is 10.7 Å². The number of nitrogens with zero attached hydrogens (tertiary/aromatic N) is 2. The zero-order valence-corrected chi connectivity index (χ0v) is 17.0. The summed E-state index contributed by atoms with van der Waals surface area (Å²) in [7, 11) is 0. The largest absolute Gasteiger partial charge is 0.310 e. The minimum atomic E-state index is -0.740. The average Bonchev–Trinajstić information content (AvgIpc) is 2.97. The van der Waals surface area contributed by atoms with Gasteiger partial charge in [-0.2, -0.15) is 0 Å². The van der Waals surface area contributed by atoms with E-state index in [0.717, 1.165) is 28.5 Å². The molecule has 0 radical (unpaired) electrons. The molecule has 0 aromatic heterocycles. The maximum absolute atomic E-state index is 11.2. The molecule has 1 aromatic rings. The molecular weight excluding hydrogens is 328 g/mol. The Bertz CT molecular complexity index is 755. The fraction of sp³-hybridized carbons (Fsp3) is 0.429. The molecular formula is C21H28N2OS. The van der Waals surface area contributed by atoms with Crippen molar-refractivity contribution in [3.8, 4) is 0 Å². The van der Waals surface area contributed by atoms with E-state index in [4.69, 9.17) is 0 Å². The van der Waals surface area contributed by atoms with Crippen LogP contribution in [-0.4, -0.2) is 10.4 Å². The highest BCUT2D eigenvalue weighted by Crippen LogP contribution is 2.46. The first-order valence-corrected chi connectivity index (χ1v) is 9.59. The molecule has 0 aliphatic carbocycles. The second kappa shape index (κ2) is 7.61. The molecule has 4 heteroatoms. The minimum absolute atomic E-state index is 0.740. The Morgan fingerprint density at radius 3 is 2.36 bits per heavy atom. The van der Waals surface area contributed by atoms with Gasteiger partial charge in [0.15, 0.2) is 0 Å². The fourth-order valence-corrected chi connectivity index (χ4v) is 3.97. The second-order valence-corrected chi connectivity index (χ2v) is 8.16. The fourth-order valence-electron chi connectivity index (χ4n) is 3.02. The summed E-state index contributed by atoms with van der Waals surface area (Å²) in [5, 5.41) is 4.18. The predicted octanol–water partition coefficient (Wildman–Crippen LogP) is 6.47. The van der Waals surface area contributed by atoms with Crippen LogP contribution in [0.4, 0.5) is 0 Å². The van der Waals surface area contributed by atoms with Crippen LogP contribution >= 0.6 is 11.8 Å². The smallest absolute Gasteiger partial charge is 0.129 e. The third kappa shape index (κ3) is 3.90. The summed E-state index contributed by atoms with van der Waals surface area (Å²) < 4.78 is 0. The molecule has 1 aliphatic rings. The number of thioether (sulfide) groups is 1. The Balaban J connectivity index is 2.52. The summed E-state index contributed by atoms with van der Waals surface area (Å²) >= 11 is 1.53. The third-order valence-corrected chi connectivity index (χ3v) is 5.79. The van der Waals surface area contributed by atoms with Crippen LogP contribution in [0.1, 0.15) is 58.2 Å². The van der Waals surface area contributed by atoms with Crippen LogP contribution < -0.4 is 0 Å². The summed E-state index contributed by atoms with van der Waals surface area (Å²) in [5.74, 6) is 0. The van der Waals surface area contributed by atoms with Crippen molar-refractivity contribution in [1.82, 2.24) is 4.90 Å². The number of hydrogen-bond acceptors (Lipinski definition) is 4. The maximum Gasteiger partial charge on any atom is 0.129 e. The molecule has 0 saturated heterocycles. The molecule has 3 nitrogen and oxygen atoms in total. The lowest BCUT2D eigenvalue weighted by molar-refractivity contribution is 0.623. The Morgan fingerprint density at radius 1 is 1.20 bits per heavy atom. The van der Waals surface area contributed by atoms with E-state index in [1.807, 2.05) is 20.0 Å². The Kier molecular flexibility index (Phi) is 5.94. The van der Waals surface area contributed by atoms with Crippen molar-refractivity contribution >= 4 is 17.5 Å². The summed E-state index contributed by atoms with van der Waals surface area (Å²) in [6, 6.07) is 6.70. The van der Waals surface area contributed by atoms with Crippen molar-refractivity contribution in [1.29, 1.82) is 0 Å². The monoisotopic (exact) mass is 356 g/mol. The molecule has 2 rings (SSSR count). The van der Waals surface area contributed by atoms with Crippen molar-refractivity contribution in [2.24, 2.45) is 5.18 Å². The van der Waals surface area contributed by atoms with Crippen LogP contribution in [0.5, 0.6) is 0 Å². The molecule has 0 amide bonds. The van der Waals surface area contributed by atoms with E-state index in [-0.39, 0.29) is 0 Å². The first-order valence-electron chi connectivity index (χ1n) is 8.77. The van der Waals surface area contributed by atoms with Crippen LogP contribution in [0.2, 0.25) is 0 Å². The summed E-state index contributed by atoms with van der Waals surface area (Å²) in [6.45, 7) is 16.5. The van der Waals surface area contributed by atoms with E-state index < -0.39 is 5.54 Å². The van der Waals surface area contributed by atoms with Gasteiger partial charge in [0.25, 0.3) is 0 Å². The molecule has 0 N–H and O–H groups in total. The lowest BCUT2D eigenvalue weighted by Crippen LogP contribution is -2.16. The van der Waals surface area contributed by atoms with Crippen molar-refractivity contribution in [2.45, 2.75) is 59.9 Å². The van der Waals surface area contributed by atoms with Gasteiger partial charge in [0, 0.05) is 11.1 Å². The second-order valence-electron chi connectivity index (χ2n) is 7.05. The quantitative estimate of drug-likeness (QED) is 0.548. The maximum atomic E-state index is 11.2. The first kappa shape index (κ1) is 19.5. The lowest BCUT2D eigenvalue weighted by atomic mass is 9.97. The van der Waals surface area contributed by atoms with Gasteiger partial charge >= 0.3 is 0 Å². The van der Waals surface area contributed by atoms with Crippen molar-refractivity contribution < 1.29 is 0 Å². The van der Waals surface area contributed by atoms with Crippen molar-refractivity contribution in [3.05, 3.63) is 68.1 Å². The van der Waals surface area contributed by atoms with Gasteiger partial charge in [-0.05, 0) is 63.3 Å². The number of allylic oxidation sites excluding steroid dienone is 1. The summed E-state index contributed by atoms with van der Waals surface area (Å²) in [6.07, 6.45) is 4.07. The van der Waals surface area contributed by atoms with Gasteiger partial charge in [-0.15, -0.1) is 4.91 Å². The zero-order chi connectivity index (χ0) is 18.8. The summed E-state index contributed by atoms with van der Waals surface area (Å²) in [5.41, 5.74) is 5.57. The third-order valence-electron chi connectivity index (χ3n) is 4.53. The molecule has 134 valence electrons. The molecule has 0 fully saturated rings. The number of benzene rings is 1. The highest BCUT2D eigenvalue weighted by atomic mass is 32.2. The van der Waals surface area contributed by atoms with E-state index in [2.05, 4.69) is 62.5 Å². The van der Waals surface area contributed by atoms with E-state index in [9.17, 15) is 4.91 Å². The van der Waals surface area contributed by atoms with Crippen LogP contribution in [-0.2, 0) is 12.8 Å². The van der Waals surface area contributed by atoms with Crippen LogP contribution in [0, 0.1) is 4.91 Å². The standard InChI is InChI=1S/C21H28N2OS/c1-8-16-10-11-18(12-17(16)9-2)20(14(3)4)23-13-19(25-15(23)5)21(6,7)22-24/h10-13H,5,8-9H2,1-4,6-7H3. The SMILES string of the molecule is C=C1SC(C(C)(C)N=O)=CN1C(=C(C)C)c1ccc(CC)c(CC)c1. The van der Waals surface area contributed by atoms with Crippen molar-refractivity contribution in [2.75, 3.05) is 0 Å². The van der Waals surface area contributed by atoms with E-state index in [1.165, 1.54) is 34.0 Å². The molecule has 1 aliphatic heterocycles. The Morgan fingerprint density at radius 2 is 1.84 bits per heavy atom. The molecule has 0 bridgehead atoms.